The summed E-state index contributed by atoms with van der Waals surface area (Å²) >= 11 is 0. The van der Waals surface area contributed by atoms with Crippen LogP contribution in [0.2, 0.25) is 0 Å². The third-order valence-electron chi connectivity index (χ3n) is 7.25. The summed E-state index contributed by atoms with van der Waals surface area (Å²) < 4.78 is 0. The predicted octanol–water partition coefficient (Wildman–Crippen LogP) is 2.02. The number of fused-ring (bicyclic) bond motifs is 1. The van der Waals surface area contributed by atoms with Crippen molar-refractivity contribution in [1.82, 2.24) is 10.2 Å². The normalized spacial score (nSPS) is 25.9. The van der Waals surface area contributed by atoms with Crippen LogP contribution in [0.1, 0.15) is 56.1 Å². The molecule has 0 spiro atoms. The van der Waals surface area contributed by atoms with Gasteiger partial charge >= 0.3 is 6.03 Å². The van der Waals surface area contributed by atoms with Gasteiger partial charge in [-0.15, -0.1) is 0 Å². The minimum atomic E-state index is -0.755. The lowest BCUT2D eigenvalue weighted by Crippen LogP contribution is -3.16. The Balaban J connectivity index is 1.49. The molecule has 1 aromatic carbocycles. The molecule has 3 amide bonds. The molecule has 6 heteroatoms. The van der Waals surface area contributed by atoms with Gasteiger partial charge in [0.15, 0.2) is 0 Å². The average molecular weight is 400 g/mol. The van der Waals surface area contributed by atoms with Crippen LogP contribution in [0.4, 0.5) is 10.5 Å². The molecular formula is C23H35N4O2+. The summed E-state index contributed by atoms with van der Waals surface area (Å²) in [6.07, 6.45) is 7.08. The van der Waals surface area contributed by atoms with E-state index in [1.165, 1.54) is 19.4 Å². The maximum Gasteiger partial charge on any atom is 0.320 e. The summed E-state index contributed by atoms with van der Waals surface area (Å²) in [5.74, 6) is 0.139. The molecule has 0 bridgehead atoms. The van der Waals surface area contributed by atoms with Crippen LogP contribution in [0.3, 0.4) is 0 Å². The van der Waals surface area contributed by atoms with Gasteiger partial charge in [0.25, 0.3) is 0 Å². The van der Waals surface area contributed by atoms with Crippen molar-refractivity contribution in [2.45, 2.75) is 70.4 Å². The Morgan fingerprint density at radius 1 is 1.07 bits per heavy atom. The average Bonchev–Trinajstić information content (AvgIpc) is 3.19. The molecule has 6 nitrogen and oxygen atoms in total. The minimum Gasteiger partial charge on any atom is -0.330 e. The van der Waals surface area contributed by atoms with Crippen molar-refractivity contribution in [3.05, 3.63) is 29.3 Å². The fourth-order valence-corrected chi connectivity index (χ4v) is 5.58. The van der Waals surface area contributed by atoms with E-state index in [4.69, 9.17) is 0 Å². The molecule has 2 aliphatic heterocycles. The fourth-order valence-electron chi connectivity index (χ4n) is 5.58. The van der Waals surface area contributed by atoms with Crippen molar-refractivity contribution in [2.75, 3.05) is 31.5 Å². The molecule has 2 atom stereocenters. The number of para-hydroxylation sites is 1. The molecule has 4 rings (SSSR count). The quantitative estimate of drug-likeness (QED) is 0.728. The van der Waals surface area contributed by atoms with Crippen LogP contribution in [0.15, 0.2) is 18.2 Å². The number of quaternary nitrogens is 1. The number of nitrogens with one attached hydrogen (secondary N) is 3. The highest BCUT2D eigenvalue weighted by Crippen LogP contribution is 2.31. The SMILES string of the molecule is Cc1cccc(C)c1NC(=O)NC1(C(=O)N2CC[NH+]3CCC[C@H]3C2)CCCCC1. The number of urea groups is 1. The van der Waals surface area contributed by atoms with Crippen LogP contribution in [0.5, 0.6) is 0 Å². The second-order valence-electron chi connectivity index (χ2n) is 9.24. The van der Waals surface area contributed by atoms with E-state index >= 15 is 0 Å². The van der Waals surface area contributed by atoms with Gasteiger partial charge in [0, 0.05) is 18.5 Å². The van der Waals surface area contributed by atoms with E-state index in [1.807, 2.05) is 36.9 Å². The van der Waals surface area contributed by atoms with Crippen LogP contribution in [-0.2, 0) is 4.79 Å². The molecule has 0 radical (unpaired) electrons. The third-order valence-corrected chi connectivity index (χ3v) is 7.25. The second kappa shape index (κ2) is 8.34. The monoisotopic (exact) mass is 399 g/mol. The zero-order valence-electron chi connectivity index (χ0n) is 17.9. The molecule has 3 fully saturated rings. The molecule has 1 aliphatic carbocycles. The first-order valence-electron chi connectivity index (χ1n) is 11.3. The Kier molecular flexibility index (Phi) is 5.81. The van der Waals surface area contributed by atoms with Gasteiger partial charge in [-0.3, -0.25) is 4.79 Å². The van der Waals surface area contributed by atoms with Crippen molar-refractivity contribution < 1.29 is 14.5 Å². The van der Waals surface area contributed by atoms with Gasteiger partial charge in [0.1, 0.15) is 11.6 Å². The zero-order valence-corrected chi connectivity index (χ0v) is 17.9. The van der Waals surface area contributed by atoms with Crippen molar-refractivity contribution >= 4 is 17.6 Å². The summed E-state index contributed by atoms with van der Waals surface area (Å²) in [6, 6.07) is 6.30. The van der Waals surface area contributed by atoms with Gasteiger partial charge in [-0.05, 0) is 37.8 Å². The topological polar surface area (TPSA) is 65.9 Å². The van der Waals surface area contributed by atoms with Crippen LogP contribution in [0.25, 0.3) is 0 Å². The summed E-state index contributed by atoms with van der Waals surface area (Å²) in [7, 11) is 0. The van der Waals surface area contributed by atoms with Gasteiger partial charge < -0.3 is 20.4 Å². The lowest BCUT2D eigenvalue weighted by Gasteiger charge is -2.43. The van der Waals surface area contributed by atoms with Gasteiger partial charge in [-0.25, -0.2) is 4.79 Å². The van der Waals surface area contributed by atoms with Crippen LogP contribution in [0, 0.1) is 13.8 Å². The number of nitrogens with zero attached hydrogens (tertiary/aromatic N) is 1. The maximum atomic E-state index is 13.7. The number of piperazine rings is 1. The first-order chi connectivity index (χ1) is 14.0. The number of anilines is 1. The summed E-state index contributed by atoms with van der Waals surface area (Å²) in [5.41, 5.74) is 2.15. The van der Waals surface area contributed by atoms with E-state index < -0.39 is 5.54 Å². The first-order valence-corrected chi connectivity index (χ1v) is 11.3. The summed E-state index contributed by atoms with van der Waals surface area (Å²) in [4.78, 5) is 30.3. The number of hydrogen-bond acceptors (Lipinski definition) is 2. The lowest BCUT2D eigenvalue weighted by atomic mass is 9.80. The van der Waals surface area contributed by atoms with Crippen LogP contribution >= 0.6 is 0 Å². The molecule has 29 heavy (non-hydrogen) atoms. The molecule has 2 heterocycles. The third kappa shape index (κ3) is 4.13. The minimum absolute atomic E-state index is 0.139. The van der Waals surface area contributed by atoms with E-state index in [1.54, 1.807) is 4.90 Å². The number of rotatable bonds is 3. The highest BCUT2D eigenvalue weighted by atomic mass is 16.2. The molecule has 1 unspecified atom stereocenters. The van der Waals surface area contributed by atoms with Crippen molar-refractivity contribution in [2.24, 2.45) is 0 Å². The highest BCUT2D eigenvalue weighted by Gasteiger charge is 2.46. The lowest BCUT2D eigenvalue weighted by molar-refractivity contribution is -0.916. The van der Waals surface area contributed by atoms with E-state index in [0.29, 0.717) is 6.04 Å². The van der Waals surface area contributed by atoms with E-state index in [2.05, 4.69) is 10.6 Å². The van der Waals surface area contributed by atoms with Crippen molar-refractivity contribution in [1.29, 1.82) is 0 Å². The van der Waals surface area contributed by atoms with Gasteiger partial charge in [-0.2, -0.15) is 0 Å². The van der Waals surface area contributed by atoms with E-state index in [0.717, 1.165) is 68.6 Å². The number of carbonyl (C=O) groups is 2. The van der Waals surface area contributed by atoms with Gasteiger partial charge in [0.05, 0.1) is 26.2 Å². The van der Waals surface area contributed by atoms with Crippen molar-refractivity contribution in [3.63, 3.8) is 0 Å². The molecule has 1 aromatic rings. The first kappa shape index (κ1) is 20.2. The maximum absolute atomic E-state index is 13.7. The Hall–Kier alpha value is -2.08. The smallest absolute Gasteiger partial charge is 0.320 e. The fraction of sp³-hybridized carbons (Fsp3) is 0.652. The Bertz CT molecular complexity index is 752. The second-order valence-corrected chi connectivity index (χ2v) is 9.24. The molecule has 0 aromatic heterocycles. The Morgan fingerprint density at radius 3 is 2.52 bits per heavy atom. The molecular weight excluding hydrogens is 364 g/mol. The van der Waals surface area contributed by atoms with Gasteiger partial charge in [0.2, 0.25) is 5.91 Å². The summed E-state index contributed by atoms with van der Waals surface area (Å²) in [5, 5.41) is 6.16. The molecule has 3 N–H and O–H groups in total. The van der Waals surface area contributed by atoms with Crippen molar-refractivity contribution in [3.8, 4) is 0 Å². The zero-order chi connectivity index (χ0) is 20.4. The predicted molar refractivity (Wildman–Crippen MR) is 114 cm³/mol. The Labute approximate surface area is 174 Å². The molecule has 158 valence electrons. The molecule has 2 saturated heterocycles. The number of hydrogen-bond donors (Lipinski definition) is 3. The molecule has 3 aliphatic rings. The summed E-state index contributed by atoms with van der Waals surface area (Å²) in [6.45, 7) is 7.93. The Morgan fingerprint density at radius 2 is 1.79 bits per heavy atom. The van der Waals surface area contributed by atoms with Gasteiger partial charge in [-0.1, -0.05) is 37.5 Å². The number of amides is 3. The largest absolute Gasteiger partial charge is 0.330 e. The van der Waals surface area contributed by atoms with Crippen LogP contribution in [-0.4, -0.2) is 54.6 Å². The molecule has 1 saturated carbocycles. The van der Waals surface area contributed by atoms with E-state index in [9.17, 15) is 9.59 Å². The number of benzene rings is 1. The van der Waals surface area contributed by atoms with Crippen LogP contribution < -0.4 is 15.5 Å². The van der Waals surface area contributed by atoms with E-state index in [-0.39, 0.29) is 11.9 Å². The highest BCUT2D eigenvalue weighted by molar-refractivity contribution is 5.97. The number of aryl methyl sites for hydroxylation is 2. The standard InChI is InChI=1S/C23H34N4O2/c1-17-8-6-9-18(2)20(17)24-22(29)25-23(11-4-3-5-12-23)21(28)27-15-14-26-13-7-10-19(26)16-27/h6,8-9,19H,3-5,7,10-16H2,1-2H3,(H2,24,25,29)/p+1/t19-/m0/s1. The number of carbonyl (C=O) groups excluding carboxylic acids is 2.